The van der Waals surface area contributed by atoms with E-state index in [1.165, 1.54) is 22.7 Å². The fourth-order valence-corrected chi connectivity index (χ4v) is 2.80. The topological polar surface area (TPSA) is 77.8 Å². The fourth-order valence-electron chi connectivity index (χ4n) is 1.65. The monoisotopic (exact) mass is 274 g/mol. The maximum atomic E-state index is 5.62. The maximum absolute atomic E-state index is 5.62. The van der Waals surface area contributed by atoms with Gasteiger partial charge in [0.2, 0.25) is 0 Å². The van der Waals surface area contributed by atoms with Gasteiger partial charge in [0.25, 0.3) is 0 Å². The molecule has 0 radical (unpaired) electrons. The second-order valence-electron chi connectivity index (χ2n) is 3.72. The van der Waals surface area contributed by atoms with Crippen molar-refractivity contribution < 1.29 is 0 Å². The molecule has 2 heterocycles. The van der Waals surface area contributed by atoms with Crippen LogP contribution in [0, 0.1) is 0 Å². The molecule has 4 nitrogen and oxygen atoms in total. The van der Waals surface area contributed by atoms with Crippen molar-refractivity contribution in [3.05, 3.63) is 35.0 Å². The highest BCUT2D eigenvalue weighted by Crippen LogP contribution is 2.27. The Kier molecular flexibility index (Phi) is 2.73. The SMILES string of the molecule is Nc1nc(-c2ccc(-c3csc(N)n3)cc2)cs1. The number of thiazole rings is 2. The average Bonchev–Trinajstić information content (AvgIpc) is 2.98. The first kappa shape index (κ1) is 11.2. The van der Waals surface area contributed by atoms with Gasteiger partial charge < -0.3 is 11.5 Å². The van der Waals surface area contributed by atoms with Crippen LogP contribution in [0.5, 0.6) is 0 Å². The highest BCUT2D eigenvalue weighted by Gasteiger charge is 2.05. The van der Waals surface area contributed by atoms with Crippen molar-refractivity contribution in [1.29, 1.82) is 0 Å². The van der Waals surface area contributed by atoms with Crippen LogP contribution in [0.15, 0.2) is 35.0 Å². The summed E-state index contributed by atoms with van der Waals surface area (Å²) in [5.41, 5.74) is 15.2. The Morgan fingerprint density at radius 1 is 0.722 bits per heavy atom. The van der Waals surface area contributed by atoms with Gasteiger partial charge in [0.1, 0.15) is 0 Å². The molecule has 90 valence electrons. The van der Waals surface area contributed by atoms with Crippen molar-refractivity contribution >= 4 is 32.9 Å². The Bertz CT molecular complexity index is 610. The van der Waals surface area contributed by atoms with E-state index in [0.29, 0.717) is 10.3 Å². The van der Waals surface area contributed by atoms with Crippen LogP contribution in [0.1, 0.15) is 0 Å². The van der Waals surface area contributed by atoms with E-state index in [2.05, 4.69) is 9.97 Å². The molecular formula is C12H10N4S2. The smallest absolute Gasteiger partial charge is 0.180 e. The van der Waals surface area contributed by atoms with Gasteiger partial charge in [-0.15, -0.1) is 22.7 Å². The zero-order valence-corrected chi connectivity index (χ0v) is 11.0. The van der Waals surface area contributed by atoms with Crippen molar-refractivity contribution in [1.82, 2.24) is 9.97 Å². The first-order valence-electron chi connectivity index (χ1n) is 5.25. The Morgan fingerprint density at radius 2 is 1.11 bits per heavy atom. The molecule has 0 fully saturated rings. The van der Waals surface area contributed by atoms with Gasteiger partial charge in [-0.05, 0) is 0 Å². The lowest BCUT2D eigenvalue weighted by atomic mass is 10.1. The van der Waals surface area contributed by atoms with Gasteiger partial charge >= 0.3 is 0 Å². The molecule has 1 aromatic carbocycles. The maximum Gasteiger partial charge on any atom is 0.180 e. The van der Waals surface area contributed by atoms with Gasteiger partial charge in [0.15, 0.2) is 10.3 Å². The first-order valence-corrected chi connectivity index (χ1v) is 7.01. The molecule has 0 aliphatic heterocycles. The summed E-state index contributed by atoms with van der Waals surface area (Å²) in [5, 5.41) is 5.07. The van der Waals surface area contributed by atoms with Crippen LogP contribution < -0.4 is 11.5 Å². The second kappa shape index (κ2) is 4.40. The molecule has 2 aromatic heterocycles. The third-order valence-corrected chi connectivity index (χ3v) is 3.87. The highest BCUT2D eigenvalue weighted by molar-refractivity contribution is 7.14. The summed E-state index contributed by atoms with van der Waals surface area (Å²) in [7, 11) is 0. The minimum absolute atomic E-state index is 0.585. The summed E-state index contributed by atoms with van der Waals surface area (Å²) in [5.74, 6) is 0. The molecule has 0 bridgehead atoms. The van der Waals surface area contributed by atoms with E-state index >= 15 is 0 Å². The van der Waals surface area contributed by atoms with Crippen LogP contribution in [-0.2, 0) is 0 Å². The number of benzene rings is 1. The van der Waals surface area contributed by atoms with Crippen LogP contribution in [-0.4, -0.2) is 9.97 Å². The molecular weight excluding hydrogens is 264 g/mol. The van der Waals surface area contributed by atoms with Crippen LogP contribution in [0.25, 0.3) is 22.5 Å². The fraction of sp³-hybridized carbons (Fsp3) is 0. The van der Waals surface area contributed by atoms with E-state index in [-0.39, 0.29) is 0 Å². The van der Waals surface area contributed by atoms with E-state index in [0.717, 1.165) is 22.5 Å². The molecule has 0 aliphatic carbocycles. The summed E-state index contributed by atoms with van der Waals surface area (Å²) in [6.45, 7) is 0. The molecule has 0 saturated heterocycles. The zero-order chi connectivity index (χ0) is 12.5. The number of nitrogens with zero attached hydrogens (tertiary/aromatic N) is 2. The normalized spacial score (nSPS) is 10.7. The molecule has 6 heteroatoms. The summed E-state index contributed by atoms with van der Waals surface area (Å²) < 4.78 is 0. The van der Waals surface area contributed by atoms with E-state index in [1.807, 2.05) is 35.0 Å². The molecule has 0 saturated carbocycles. The van der Waals surface area contributed by atoms with Gasteiger partial charge in [0.05, 0.1) is 11.4 Å². The lowest BCUT2D eigenvalue weighted by Gasteiger charge is -1.99. The summed E-state index contributed by atoms with van der Waals surface area (Å²) in [4.78, 5) is 8.50. The Labute approximate surface area is 112 Å². The number of nitrogens with two attached hydrogens (primary N) is 2. The van der Waals surface area contributed by atoms with Crippen molar-refractivity contribution in [3.8, 4) is 22.5 Å². The average molecular weight is 274 g/mol. The van der Waals surface area contributed by atoms with Crippen molar-refractivity contribution in [2.75, 3.05) is 11.5 Å². The molecule has 0 unspecified atom stereocenters. The number of rotatable bonds is 2. The van der Waals surface area contributed by atoms with Gasteiger partial charge in [-0.3, -0.25) is 0 Å². The number of hydrogen-bond donors (Lipinski definition) is 2. The standard InChI is InChI=1S/C12H10N4S2/c13-11-15-9(5-17-11)7-1-2-8(4-3-7)10-6-18-12(14)16-10/h1-6H,(H2,13,15)(H2,14,16). The van der Waals surface area contributed by atoms with Gasteiger partial charge in [-0.2, -0.15) is 0 Å². The van der Waals surface area contributed by atoms with Gasteiger partial charge in [-0.1, -0.05) is 24.3 Å². The van der Waals surface area contributed by atoms with Crippen LogP contribution in [0.4, 0.5) is 10.3 Å². The number of hydrogen-bond acceptors (Lipinski definition) is 6. The summed E-state index contributed by atoms with van der Waals surface area (Å²) in [6.07, 6.45) is 0. The lowest BCUT2D eigenvalue weighted by molar-refractivity contribution is 1.39. The number of anilines is 2. The molecule has 0 aliphatic rings. The minimum atomic E-state index is 0.585. The van der Waals surface area contributed by atoms with Crippen molar-refractivity contribution in [3.63, 3.8) is 0 Å². The minimum Gasteiger partial charge on any atom is -0.375 e. The molecule has 18 heavy (non-hydrogen) atoms. The van der Waals surface area contributed by atoms with Gasteiger partial charge in [0, 0.05) is 21.9 Å². The van der Waals surface area contributed by atoms with Crippen LogP contribution in [0.2, 0.25) is 0 Å². The van der Waals surface area contributed by atoms with E-state index in [1.54, 1.807) is 0 Å². The molecule has 4 N–H and O–H groups in total. The van der Waals surface area contributed by atoms with Gasteiger partial charge in [-0.25, -0.2) is 9.97 Å². The molecule has 0 spiro atoms. The van der Waals surface area contributed by atoms with Crippen molar-refractivity contribution in [2.24, 2.45) is 0 Å². The van der Waals surface area contributed by atoms with E-state index in [9.17, 15) is 0 Å². The Hall–Kier alpha value is -1.92. The predicted molar refractivity (Wildman–Crippen MR) is 77.5 cm³/mol. The van der Waals surface area contributed by atoms with E-state index < -0.39 is 0 Å². The second-order valence-corrected chi connectivity index (χ2v) is 5.50. The Balaban J connectivity index is 1.94. The molecule has 3 aromatic rings. The van der Waals surface area contributed by atoms with Crippen LogP contribution >= 0.6 is 22.7 Å². The summed E-state index contributed by atoms with van der Waals surface area (Å²) in [6, 6.07) is 8.05. The predicted octanol–water partition coefficient (Wildman–Crippen LogP) is 3.10. The molecule has 0 amide bonds. The number of nitrogen functional groups attached to an aromatic ring is 2. The Morgan fingerprint density at radius 3 is 1.39 bits per heavy atom. The molecule has 3 rings (SSSR count). The van der Waals surface area contributed by atoms with E-state index in [4.69, 9.17) is 11.5 Å². The zero-order valence-electron chi connectivity index (χ0n) is 9.33. The lowest BCUT2D eigenvalue weighted by Crippen LogP contribution is -1.84. The third-order valence-electron chi connectivity index (χ3n) is 2.52. The first-order chi connectivity index (χ1) is 8.72. The van der Waals surface area contributed by atoms with Crippen molar-refractivity contribution in [2.45, 2.75) is 0 Å². The van der Waals surface area contributed by atoms with Crippen LogP contribution in [0.3, 0.4) is 0 Å². The quantitative estimate of drug-likeness (QED) is 0.752. The largest absolute Gasteiger partial charge is 0.375 e. The molecule has 0 atom stereocenters. The number of aromatic nitrogens is 2. The third kappa shape index (κ3) is 2.07. The summed E-state index contributed by atoms with van der Waals surface area (Å²) >= 11 is 2.89. The highest BCUT2D eigenvalue weighted by atomic mass is 32.1.